The average molecular weight is 1770 g/mol. The summed E-state index contributed by atoms with van der Waals surface area (Å²) in [5.41, 5.74) is 5.39. The van der Waals surface area contributed by atoms with E-state index in [4.69, 9.17) is 4.74 Å². The molecular formula is C106H146BrN9OS4+4. The Morgan fingerprint density at radius 1 is 0.322 bits per heavy atom. The summed E-state index contributed by atoms with van der Waals surface area (Å²) in [5, 5.41) is 2.95. The standard InChI is InChI=1S/C19H17S.C18H15S.2C13H16NS.C12H17NO.2C11H22N2.C9H21N2.BrH/c1-16-12-14-19(15-13-16)20(17-8-4-2-5-9-17)18-10-6-3-7-11-18;1-4-10-16(11-5-1)19(17-12-6-2-7-13-17)18-14-8-3-9-15-18;2*1-14-10-13(15-8-4-5-9-15)11-6-2-3-7-12(11)14;1-14-12-7-5-11(6-8-12)13-9-3-2-4-10-13;2*1-12-9-5-11(6-10-12)13-7-3-2-4-8-13;1-10-7-5-9(6-8-10)11(2,3)4;/h2-15H,1H3;1-15H;2*2-3,6-7,10H,4-5,8-9H2,1H3;5-8H,2-4,9-10H2,1H3;2*11H,2-10H2,1H3;9H,5-8H2,1-4H3;1H/q4*+1;;;;+1;/p-1. The van der Waals surface area contributed by atoms with Crippen LogP contribution in [0, 0.1) is 6.92 Å². The number of hydrogen-bond acceptors (Lipinski definition) is 7. The van der Waals surface area contributed by atoms with Crippen LogP contribution >= 0.6 is 0 Å². The Bertz CT molecular complexity index is 4350. The quantitative estimate of drug-likeness (QED) is 0.0841. The van der Waals surface area contributed by atoms with Crippen molar-refractivity contribution in [3.8, 4) is 5.75 Å². The topological polar surface area (TPSA) is 38.5 Å². The molecule has 0 aliphatic carbocycles. The minimum absolute atomic E-state index is 0. The van der Waals surface area contributed by atoms with Crippen LogP contribution in [0.15, 0.2) is 300 Å². The number of benzene rings is 9. The zero-order valence-corrected chi connectivity index (χ0v) is 80.1. The van der Waals surface area contributed by atoms with Crippen molar-refractivity contribution in [2.75, 3.05) is 156 Å². The predicted octanol–water partition coefficient (Wildman–Crippen LogP) is 19.4. The molecule has 15 heteroatoms. The fourth-order valence-electron chi connectivity index (χ4n) is 18.1. The predicted molar refractivity (Wildman–Crippen MR) is 522 cm³/mol. The molecule has 0 spiro atoms. The molecule has 2 aromatic heterocycles. The first-order valence-electron chi connectivity index (χ1n) is 45.6. The first-order valence-corrected chi connectivity index (χ1v) is 51.2. The van der Waals surface area contributed by atoms with Gasteiger partial charge in [-0.05, 0) is 298 Å². The Morgan fingerprint density at radius 2 is 0.620 bits per heavy atom. The monoisotopic (exact) mass is 1770 g/mol. The van der Waals surface area contributed by atoms with E-state index in [-0.39, 0.29) is 38.8 Å². The molecule has 0 unspecified atom stereocenters. The van der Waals surface area contributed by atoms with Crippen LogP contribution in [0.2, 0.25) is 0 Å². The molecule has 0 saturated carbocycles. The van der Waals surface area contributed by atoms with Gasteiger partial charge in [-0.25, -0.2) is 0 Å². The van der Waals surface area contributed by atoms with E-state index in [9.17, 15) is 0 Å². The summed E-state index contributed by atoms with van der Waals surface area (Å²) < 4.78 is 10.8. The molecule has 648 valence electrons. The highest BCUT2D eigenvalue weighted by Gasteiger charge is 2.34. The van der Waals surface area contributed by atoms with Crippen LogP contribution in [0.1, 0.15) is 128 Å². The molecule has 121 heavy (non-hydrogen) atoms. The van der Waals surface area contributed by atoms with E-state index < -0.39 is 0 Å². The molecule has 0 amide bonds. The van der Waals surface area contributed by atoms with E-state index in [0.29, 0.717) is 21.8 Å². The maximum atomic E-state index is 5.14. The molecule has 10 nitrogen and oxygen atoms in total. The number of likely N-dealkylation sites (tertiary alicyclic amines) is 5. The summed E-state index contributed by atoms with van der Waals surface area (Å²) in [4.78, 5) is 26.6. The lowest BCUT2D eigenvalue weighted by atomic mass is 10.0. The number of quaternary nitrogens is 1. The largest absolute Gasteiger partial charge is 1.00 e. The van der Waals surface area contributed by atoms with Crippen LogP contribution in [0.4, 0.5) is 5.69 Å². The minimum atomic E-state index is -0.0229. The highest BCUT2D eigenvalue weighted by Crippen LogP contribution is 2.36. The molecule has 0 bridgehead atoms. The Kier molecular flexibility index (Phi) is 39.6. The van der Waals surface area contributed by atoms with E-state index in [2.05, 4.69) is 351 Å². The molecule has 8 fully saturated rings. The lowest BCUT2D eigenvalue weighted by Gasteiger charge is -2.39. The van der Waals surface area contributed by atoms with Crippen molar-refractivity contribution in [3.05, 3.63) is 267 Å². The number of halogens is 1. The molecule has 0 radical (unpaired) electrons. The first-order chi connectivity index (χ1) is 58.6. The molecule has 8 aliphatic rings. The van der Waals surface area contributed by atoms with Crippen LogP contribution in [0.25, 0.3) is 21.8 Å². The number of anilines is 1. The Labute approximate surface area is 753 Å². The molecule has 9 aromatic carbocycles. The van der Waals surface area contributed by atoms with Crippen LogP contribution in [0.5, 0.6) is 5.75 Å². The number of fused-ring (bicyclic) bond motifs is 2. The lowest BCUT2D eigenvalue weighted by molar-refractivity contribution is -0.897. The number of nitrogens with zero attached hydrogens (tertiary/aromatic N) is 9. The van der Waals surface area contributed by atoms with Crippen molar-refractivity contribution in [2.45, 2.75) is 186 Å². The first kappa shape index (κ1) is 95.0. The van der Waals surface area contributed by atoms with Crippen LogP contribution in [-0.4, -0.2) is 207 Å². The Hall–Kier alpha value is -6.70. The zero-order valence-electron chi connectivity index (χ0n) is 75.3. The molecule has 8 saturated heterocycles. The zero-order chi connectivity index (χ0) is 83.7. The summed E-state index contributed by atoms with van der Waals surface area (Å²) in [7, 11) is 20.7. The molecule has 19 rings (SSSR count). The normalized spacial score (nSPS) is 18.2. The second-order valence-corrected chi connectivity index (χ2v) is 43.6. The van der Waals surface area contributed by atoms with E-state index in [1.165, 1.54) is 286 Å². The lowest BCUT2D eigenvalue weighted by Crippen LogP contribution is -3.00. The van der Waals surface area contributed by atoms with Crippen LogP contribution in [-0.2, 0) is 57.7 Å². The van der Waals surface area contributed by atoms with Gasteiger partial charge in [0.05, 0.1) is 90.3 Å². The van der Waals surface area contributed by atoms with Gasteiger partial charge < -0.3 is 64.7 Å². The molecule has 0 atom stereocenters. The van der Waals surface area contributed by atoms with Crippen molar-refractivity contribution >= 4 is 71.1 Å². The van der Waals surface area contributed by atoms with Crippen LogP contribution < -0.4 is 26.6 Å². The molecule has 11 aromatic rings. The van der Waals surface area contributed by atoms with Crippen molar-refractivity contribution in [1.82, 2.24) is 33.6 Å². The second-order valence-electron chi connectivity index (χ2n) is 35.1. The van der Waals surface area contributed by atoms with E-state index in [1.807, 2.05) is 12.1 Å². The second kappa shape index (κ2) is 50.4. The van der Waals surface area contributed by atoms with Gasteiger partial charge in [-0.2, -0.15) is 0 Å². The smallest absolute Gasteiger partial charge is 0.180 e. The maximum absolute atomic E-state index is 5.14. The number of aryl methyl sites for hydroxylation is 3. The molecular weight excluding hydrogens is 1620 g/mol. The van der Waals surface area contributed by atoms with Gasteiger partial charge in [-0.15, -0.1) is 0 Å². The number of rotatable bonds is 13. The Balaban J connectivity index is 0.000000136. The Morgan fingerprint density at radius 3 is 0.942 bits per heavy atom. The van der Waals surface area contributed by atoms with Gasteiger partial charge >= 0.3 is 0 Å². The molecule has 0 N–H and O–H groups in total. The summed E-state index contributed by atoms with van der Waals surface area (Å²) in [6.07, 6.45) is 31.4. The molecule has 8 aliphatic heterocycles. The van der Waals surface area contributed by atoms with Crippen molar-refractivity contribution in [3.63, 3.8) is 0 Å². The molecule has 10 heterocycles. The van der Waals surface area contributed by atoms with Gasteiger partial charge in [0, 0.05) is 92.7 Å². The number of para-hydroxylation sites is 2. The fraction of sp³-hybridized carbons (Fsp3) is 0.453. The van der Waals surface area contributed by atoms with Gasteiger partial charge in [-0.1, -0.05) is 146 Å². The number of piperidine rings is 6. The third-order valence-electron chi connectivity index (χ3n) is 25.3. The number of aromatic nitrogens is 2. The van der Waals surface area contributed by atoms with Crippen molar-refractivity contribution in [2.24, 2.45) is 14.1 Å². The van der Waals surface area contributed by atoms with Gasteiger partial charge in [0.2, 0.25) is 0 Å². The SMILES string of the molecule is CN1CCC(N2CCCCC2)CC1.CN1CCC(N2CCCCC2)CC1.CN1CCC([N+](C)(C)C)CC1.COc1ccc(N2CCCCC2)cc1.Cc1ccc([S+](c2ccccc2)c2ccccc2)cc1.Cn1cc([S+]2CCCC2)c2ccccc21.Cn1cc([S+]2CCCC2)c2ccccc21.[Br-].c1ccc([S+](c2ccccc2)c2ccccc2)cc1. The summed E-state index contributed by atoms with van der Waals surface area (Å²) in [6, 6.07) is 91.2. The van der Waals surface area contributed by atoms with Crippen LogP contribution in [0.3, 0.4) is 0 Å². The third-order valence-corrected chi connectivity index (χ3v) is 34.8. The van der Waals surface area contributed by atoms with Gasteiger partial charge in [0.1, 0.15) is 28.8 Å². The number of hydrogen-bond donors (Lipinski definition) is 0. The van der Waals surface area contributed by atoms with Gasteiger partial charge in [0.15, 0.2) is 39.2 Å². The summed E-state index contributed by atoms with van der Waals surface area (Å²) in [5.74, 6) is 6.58. The van der Waals surface area contributed by atoms with E-state index in [0.717, 1.165) is 28.4 Å². The van der Waals surface area contributed by atoms with Crippen molar-refractivity contribution in [1.29, 1.82) is 0 Å². The van der Waals surface area contributed by atoms with E-state index >= 15 is 0 Å². The van der Waals surface area contributed by atoms with Gasteiger partial charge in [0.25, 0.3) is 0 Å². The summed E-state index contributed by atoms with van der Waals surface area (Å²) >= 11 is 0. The fourth-order valence-corrected chi connectivity index (χ4v) is 27.4. The highest BCUT2D eigenvalue weighted by molar-refractivity contribution is 7.98. The van der Waals surface area contributed by atoms with E-state index in [1.54, 1.807) is 16.9 Å². The average Bonchev–Trinajstić information content (AvgIpc) is 1.57. The highest BCUT2D eigenvalue weighted by atomic mass is 79.9. The maximum Gasteiger partial charge on any atom is 0.180 e. The van der Waals surface area contributed by atoms with Gasteiger partial charge in [-0.3, -0.25) is 0 Å². The van der Waals surface area contributed by atoms with Crippen molar-refractivity contribution < 1.29 is 26.2 Å². The summed E-state index contributed by atoms with van der Waals surface area (Å²) in [6.45, 7) is 17.8. The number of ether oxygens (including phenoxy) is 1. The minimum Gasteiger partial charge on any atom is -1.00 e. The number of methoxy groups -OCH3 is 1. The third kappa shape index (κ3) is 29.2.